The molecule has 116 valence electrons. The Morgan fingerprint density at radius 1 is 1.27 bits per heavy atom. The van der Waals surface area contributed by atoms with Crippen molar-refractivity contribution >= 4 is 17.9 Å². The summed E-state index contributed by atoms with van der Waals surface area (Å²) >= 11 is 0. The number of hydrogen-bond acceptors (Lipinski definition) is 3. The molecule has 0 radical (unpaired) electrons. The van der Waals surface area contributed by atoms with Crippen LogP contribution in [0.2, 0.25) is 0 Å². The normalized spacial score (nSPS) is 24.0. The Hall–Kier alpha value is -2.30. The van der Waals surface area contributed by atoms with Crippen molar-refractivity contribution in [2.24, 2.45) is 11.7 Å². The molecule has 2 N–H and O–H groups in total. The van der Waals surface area contributed by atoms with Crippen LogP contribution in [0.25, 0.3) is 6.08 Å². The van der Waals surface area contributed by atoms with E-state index in [1.54, 1.807) is 4.90 Å². The van der Waals surface area contributed by atoms with Crippen LogP contribution in [0.3, 0.4) is 0 Å². The number of para-hydroxylation sites is 1. The Morgan fingerprint density at radius 2 is 2.05 bits per heavy atom. The van der Waals surface area contributed by atoms with Crippen molar-refractivity contribution in [3.8, 4) is 5.75 Å². The Morgan fingerprint density at radius 3 is 2.82 bits per heavy atom. The third-order valence-corrected chi connectivity index (χ3v) is 4.45. The first kappa shape index (κ1) is 14.6. The molecule has 5 heteroatoms. The molecule has 2 atom stereocenters. The fourth-order valence-electron chi connectivity index (χ4n) is 3.05. The number of benzene rings is 1. The van der Waals surface area contributed by atoms with E-state index in [0.717, 1.165) is 24.2 Å². The number of carbonyl (C=O) groups is 2. The number of nitrogens with two attached hydrogens (primary N) is 1. The summed E-state index contributed by atoms with van der Waals surface area (Å²) < 4.78 is 5.65. The van der Waals surface area contributed by atoms with Gasteiger partial charge in [-0.2, -0.15) is 0 Å². The summed E-state index contributed by atoms with van der Waals surface area (Å²) in [6.45, 7) is 2.67. The second kappa shape index (κ2) is 5.83. The molecule has 0 aliphatic carbocycles. The van der Waals surface area contributed by atoms with Crippen molar-refractivity contribution in [1.29, 1.82) is 0 Å². The van der Waals surface area contributed by atoms with Crippen molar-refractivity contribution in [2.45, 2.75) is 25.8 Å². The third kappa shape index (κ3) is 2.71. The van der Waals surface area contributed by atoms with Gasteiger partial charge in [-0.3, -0.25) is 9.59 Å². The van der Waals surface area contributed by atoms with E-state index in [2.05, 4.69) is 0 Å². The molecular weight excluding hydrogens is 280 g/mol. The van der Waals surface area contributed by atoms with Gasteiger partial charge < -0.3 is 15.4 Å². The van der Waals surface area contributed by atoms with Gasteiger partial charge in [-0.25, -0.2) is 0 Å². The molecule has 22 heavy (non-hydrogen) atoms. The minimum Gasteiger partial charge on any atom is -0.488 e. The minimum atomic E-state index is -0.330. The van der Waals surface area contributed by atoms with Crippen LogP contribution in [-0.4, -0.2) is 35.9 Å². The van der Waals surface area contributed by atoms with E-state index in [4.69, 9.17) is 10.5 Å². The van der Waals surface area contributed by atoms with Gasteiger partial charge in [0.15, 0.2) is 0 Å². The molecule has 0 saturated carbocycles. The SMILES string of the molecule is C[C@H]1CC[C@H](C(N)=O)CN1C(=O)C1=Cc2ccccc2OC1. The highest BCUT2D eigenvalue weighted by molar-refractivity contribution is 5.99. The molecule has 2 heterocycles. The standard InChI is InChI=1S/C17H20N2O3/c1-11-6-7-13(16(18)20)9-19(11)17(21)14-8-12-4-2-3-5-15(12)22-10-14/h2-5,8,11,13H,6-7,9-10H2,1H3,(H2,18,20)/t11-,13-/m0/s1. The van der Waals surface area contributed by atoms with E-state index in [-0.39, 0.29) is 30.4 Å². The Kier molecular flexibility index (Phi) is 3.88. The Bertz CT molecular complexity index is 639. The van der Waals surface area contributed by atoms with Crippen LogP contribution in [0.15, 0.2) is 29.8 Å². The number of amides is 2. The predicted octanol–water partition coefficient (Wildman–Crippen LogP) is 1.57. The quantitative estimate of drug-likeness (QED) is 0.901. The minimum absolute atomic E-state index is 0.0621. The molecule has 0 aromatic heterocycles. The summed E-state index contributed by atoms with van der Waals surface area (Å²) in [5, 5.41) is 0. The largest absolute Gasteiger partial charge is 0.488 e. The first-order valence-corrected chi connectivity index (χ1v) is 7.59. The molecule has 1 saturated heterocycles. The number of nitrogens with zero attached hydrogens (tertiary/aromatic N) is 1. The van der Waals surface area contributed by atoms with Crippen LogP contribution in [-0.2, 0) is 9.59 Å². The maximum atomic E-state index is 12.8. The lowest BCUT2D eigenvalue weighted by molar-refractivity contribution is -0.134. The van der Waals surface area contributed by atoms with Gasteiger partial charge in [-0.1, -0.05) is 18.2 Å². The van der Waals surface area contributed by atoms with Crippen LogP contribution < -0.4 is 10.5 Å². The summed E-state index contributed by atoms with van der Waals surface area (Å²) in [7, 11) is 0. The topological polar surface area (TPSA) is 72.6 Å². The highest BCUT2D eigenvalue weighted by Gasteiger charge is 2.33. The van der Waals surface area contributed by atoms with Crippen molar-refractivity contribution in [3.05, 3.63) is 35.4 Å². The van der Waals surface area contributed by atoms with Crippen LogP contribution in [0.4, 0.5) is 0 Å². The fourth-order valence-corrected chi connectivity index (χ4v) is 3.05. The van der Waals surface area contributed by atoms with E-state index in [9.17, 15) is 9.59 Å². The summed E-state index contributed by atoms with van der Waals surface area (Å²) in [6, 6.07) is 7.75. The molecule has 1 aromatic carbocycles. The van der Waals surface area contributed by atoms with Gasteiger partial charge in [-0.15, -0.1) is 0 Å². The Labute approximate surface area is 129 Å². The van der Waals surface area contributed by atoms with Gasteiger partial charge in [0, 0.05) is 18.2 Å². The van der Waals surface area contributed by atoms with Crippen LogP contribution in [0, 0.1) is 5.92 Å². The first-order valence-electron chi connectivity index (χ1n) is 7.59. The van der Waals surface area contributed by atoms with E-state index in [1.165, 1.54) is 0 Å². The molecule has 3 rings (SSSR count). The molecule has 1 aromatic rings. The first-order chi connectivity index (χ1) is 10.6. The zero-order valence-electron chi connectivity index (χ0n) is 12.6. The van der Waals surface area contributed by atoms with Crippen molar-refractivity contribution in [1.82, 2.24) is 4.90 Å². The molecule has 2 amide bonds. The van der Waals surface area contributed by atoms with E-state index in [1.807, 2.05) is 37.3 Å². The van der Waals surface area contributed by atoms with E-state index < -0.39 is 0 Å². The molecule has 0 bridgehead atoms. The highest BCUT2D eigenvalue weighted by Crippen LogP contribution is 2.29. The number of hydrogen-bond donors (Lipinski definition) is 1. The van der Waals surface area contributed by atoms with Crippen molar-refractivity contribution < 1.29 is 14.3 Å². The van der Waals surface area contributed by atoms with Crippen LogP contribution >= 0.6 is 0 Å². The average Bonchev–Trinajstić information content (AvgIpc) is 2.54. The average molecular weight is 300 g/mol. The van der Waals surface area contributed by atoms with Gasteiger partial charge in [0.2, 0.25) is 5.91 Å². The van der Waals surface area contributed by atoms with E-state index in [0.29, 0.717) is 12.1 Å². The number of primary amides is 1. The monoisotopic (exact) mass is 300 g/mol. The van der Waals surface area contributed by atoms with E-state index >= 15 is 0 Å². The molecule has 1 fully saturated rings. The third-order valence-electron chi connectivity index (χ3n) is 4.45. The summed E-state index contributed by atoms with van der Waals surface area (Å²) in [6.07, 6.45) is 3.42. The number of rotatable bonds is 2. The Balaban J connectivity index is 1.81. The maximum absolute atomic E-state index is 12.8. The molecule has 0 spiro atoms. The van der Waals surface area contributed by atoms with Crippen LogP contribution in [0.5, 0.6) is 5.75 Å². The van der Waals surface area contributed by atoms with Crippen LogP contribution in [0.1, 0.15) is 25.3 Å². The zero-order chi connectivity index (χ0) is 15.7. The second-order valence-electron chi connectivity index (χ2n) is 5.98. The van der Waals surface area contributed by atoms with Gasteiger partial charge in [0.25, 0.3) is 5.91 Å². The van der Waals surface area contributed by atoms with Gasteiger partial charge in [0.1, 0.15) is 12.4 Å². The number of fused-ring (bicyclic) bond motifs is 1. The summed E-state index contributed by atoms with van der Waals surface area (Å²) in [4.78, 5) is 25.9. The molecular formula is C17H20N2O3. The molecule has 5 nitrogen and oxygen atoms in total. The fraction of sp³-hybridized carbons (Fsp3) is 0.412. The summed E-state index contributed by atoms with van der Waals surface area (Å²) in [5.74, 6) is 0.148. The second-order valence-corrected chi connectivity index (χ2v) is 5.98. The molecule has 2 aliphatic rings. The van der Waals surface area contributed by atoms with Crippen molar-refractivity contribution in [3.63, 3.8) is 0 Å². The zero-order valence-corrected chi connectivity index (χ0v) is 12.6. The smallest absolute Gasteiger partial charge is 0.253 e. The lowest BCUT2D eigenvalue weighted by Gasteiger charge is -2.37. The predicted molar refractivity (Wildman–Crippen MR) is 83.0 cm³/mol. The number of carbonyl (C=O) groups excluding carboxylic acids is 2. The van der Waals surface area contributed by atoms with Crippen molar-refractivity contribution in [2.75, 3.05) is 13.2 Å². The van der Waals surface area contributed by atoms with Gasteiger partial charge >= 0.3 is 0 Å². The maximum Gasteiger partial charge on any atom is 0.253 e. The molecule has 0 unspecified atom stereocenters. The van der Waals surface area contributed by atoms with Gasteiger partial charge in [-0.05, 0) is 31.9 Å². The lowest BCUT2D eigenvalue weighted by atomic mass is 9.92. The molecule has 2 aliphatic heterocycles. The number of piperidine rings is 1. The number of ether oxygens (including phenoxy) is 1. The summed E-state index contributed by atoms with van der Waals surface area (Å²) in [5.41, 5.74) is 6.93. The lowest BCUT2D eigenvalue weighted by Crippen LogP contribution is -2.49. The highest BCUT2D eigenvalue weighted by atomic mass is 16.5. The number of likely N-dealkylation sites (tertiary alicyclic amines) is 1. The van der Waals surface area contributed by atoms with Gasteiger partial charge in [0.05, 0.1) is 11.5 Å².